The zero-order chi connectivity index (χ0) is 21.7. The summed E-state index contributed by atoms with van der Waals surface area (Å²) in [5.41, 5.74) is 2.66. The average molecular weight is 408 g/mol. The summed E-state index contributed by atoms with van der Waals surface area (Å²) in [7, 11) is 1.48. The number of hydrogen-bond donors (Lipinski definition) is 2. The van der Waals surface area contributed by atoms with Gasteiger partial charge in [0.05, 0.1) is 19.6 Å². The number of nitrogens with zero attached hydrogens (tertiary/aromatic N) is 1. The van der Waals surface area contributed by atoms with E-state index in [0.29, 0.717) is 17.0 Å². The zero-order valence-electron chi connectivity index (χ0n) is 16.6. The van der Waals surface area contributed by atoms with E-state index in [2.05, 4.69) is 10.3 Å². The zero-order valence-corrected chi connectivity index (χ0v) is 16.6. The first-order valence-electron chi connectivity index (χ1n) is 9.28. The molecule has 0 aliphatic carbocycles. The molecule has 30 heavy (non-hydrogen) atoms. The van der Waals surface area contributed by atoms with Crippen molar-refractivity contribution in [3.63, 3.8) is 0 Å². The molecule has 1 heterocycles. The molecule has 0 spiro atoms. The van der Waals surface area contributed by atoms with Gasteiger partial charge in [0.2, 0.25) is 0 Å². The molecule has 0 saturated carbocycles. The highest BCUT2D eigenvalue weighted by Gasteiger charge is 2.22. The van der Waals surface area contributed by atoms with Crippen molar-refractivity contribution in [1.82, 2.24) is 10.3 Å². The molecule has 154 valence electrons. The number of amides is 1. The lowest BCUT2D eigenvalue weighted by molar-refractivity contribution is -0.137. The Labute approximate surface area is 173 Å². The van der Waals surface area contributed by atoms with E-state index in [0.717, 1.165) is 11.1 Å². The standard InChI is InChI=1S/C23H21FN2O4/c1-14-5-3-4-6-17(14)19(13-21(27)28)26-23(29)18-11-12-20(30-2)22(25-18)15-7-9-16(24)10-8-15/h3-12,19H,13H2,1-2H3,(H,26,29)(H,27,28). The van der Waals surface area contributed by atoms with Crippen LogP contribution >= 0.6 is 0 Å². The van der Waals surface area contributed by atoms with Crippen molar-refractivity contribution in [2.45, 2.75) is 19.4 Å². The lowest BCUT2D eigenvalue weighted by Crippen LogP contribution is -2.31. The summed E-state index contributed by atoms with van der Waals surface area (Å²) in [5, 5.41) is 12.1. The molecule has 0 bridgehead atoms. The van der Waals surface area contributed by atoms with Crippen LogP contribution in [0.3, 0.4) is 0 Å². The normalized spacial score (nSPS) is 11.6. The highest BCUT2D eigenvalue weighted by atomic mass is 19.1. The van der Waals surface area contributed by atoms with Crippen LogP contribution in [0.15, 0.2) is 60.7 Å². The molecule has 3 aromatic rings. The van der Waals surface area contributed by atoms with Crippen LogP contribution in [-0.2, 0) is 4.79 Å². The van der Waals surface area contributed by atoms with Gasteiger partial charge in [0.25, 0.3) is 5.91 Å². The molecule has 0 fully saturated rings. The molecule has 7 heteroatoms. The van der Waals surface area contributed by atoms with Gasteiger partial charge in [0, 0.05) is 5.56 Å². The summed E-state index contributed by atoms with van der Waals surface area (Å²) >= 11 is 0. The number of aromatic nitrogens is 1. The second-order valence-corrected chi connectivity index (χ2v) is 6.73. The first-order valence-corrected chi connectivity index (χ1v) is 9.28. The highest BCUT2D eigenvalue weighted by Crippen LogP contribution is 2.29. The minimum absolute atomic E-state index is 0.0964. The van der Waals surface area contributed by atoms with Crippen molar-refractivity contribution < 1.29 is 23.8 Å². The Balaban J connectivity index is 1.93. The number of rotatable bonds is 7. The second-order valence-electron chi connectivity index (χ2n) is 6.73. The molecule has 1 atom stereocenters. The number of carbonyl (C=O) groups is 2. The average Bonchev–Trinajstić information content (AvgIpc) is 2.73. The van der Waals surface area contributed by atoms with Gasteiger partial charge in [-0.15, -0.1) is 0 Å². The molecular formula is C23H21FN2O4. The molecule has 6 nitrogen and oxygen atoms in total. The van der Waals surface area contributed by atoms with Gasteiger partial charge in [0.15, 0.2) is 0 Å². The first-order chi connectivity index (χ1) is 14.4. The van der Waals surface area contributed by atoms with Crippen LogP contribution in [0.4, 0.5) is 4.39 Å². The third-order valence-corrected chi connectivity index (χ3v) is 4.68. The van der Waals surface area contributed by atoms with Crippen LogP contribution in [-0.4, -0.2) is 29.1 Å². The smallest absolute Gasteiger partial charge is 0.305 e. The van der Waals surface area contributed by atoms with Gasteiger partial charge in [-0.2, -0.15) is 0 Å². The number of hydrogen-bond acceptors (Lipinski definition) is 4. The lowest BCUT2D eigenvalue weighted by atomic mass is 9.98. The molecule has 2 aromatic carbocycles. The number of nitrogens with one attached hydrogen (secondary N) is 1. The number of halogens is 1. The van der Waals surface area contributed by atoms with Crippen LogP contribution in [0.25, 0.3) is 11.3 Å². The fraction of sp³-hybridized carbons (Fsp3) is 0.174. The Hall–Kier alpha value is -3.74. The van der Waals surface area contributed by atoms with Crippen LogP contribution in [0.2, 0.25) is 0 Å². The SMILES string of the molecule is COc1ccc(C(=O)NC(CC(=O)O)c2ccccc2C)nc1-c1ccc(F)cc1. The van der Waals surface area contributed by atoms with E-state index in [9.17, 15) is 19.1 Å². The number of ether oxygens (including phenoxy) is 1. The maximum atomic E-state index is 13.3. The molecule has 0 saturated heterocycles. The van der Waals surface area contributed by atoms with E-state index in [1.54, 1.807) is 30.3 Å². The summed E-state index contributed by atoms with van der Waals surface area (Å²) in [6.45, 7) is 1.86. The second kappa shape index (κ2) is 9.17. The molecule has 3 rings (SSSR count). The van der Waals surface area contributed by atoms with Crippen molar-refractivity contribution in [3.05, 3.63) is 83.3 Å². The number of carboxylic acids is 1. The summed E-state index contributed by atoms with van der Waals surface area (Å²) in [6, 6.07) is 15.3. The maximum absolute atomic E-state index is 13.3. The summed E-state index contributed by atoms with van der Waals surface area (Å²) < 4.78 is 18.6. The van der Waals surface area contributed by atoms with Crippen molar-refractivity contribution in [2.24, 2.45) is 0 Å². The van der Waals surface area contributed by atoms with Gasteiger partial charge in [-0.1, -0.05) is 24.3 Å². The Morgan fingerprint density at radius 2 is 1.80 bits per heavy atom. The van der Waals surface area contributed by atoms with Gasteiger partial charge in [-0.25, -0.2) is 9.37 Å². The van der Waals surface area contributed by atoms with E-state index in [1.807, 2.05) is 19.1 Å². The monoisotopic (exact) mass is 408 g/mol. The van der Waals surface area contributed by atoms with Crippen LogP contribution in [0.1, 0.15) is 34.1 Å². The Bertz CT molecular complexity index is 1070. The maximum Gasteiger partial charge on any atom is 0.305 e. The lowest BCUT2D eigenvalue weighted by Gasteiger charge is -2.19. The van der Waals surface area contributed by atoms with E-state index < -0.39 is 17.9 Å². The highest BCUT2D eigenvalue weighted by molar-refractivity contribution is 5.93. The summed E-state index contributed by atoms with van der Waals surface area (Å²) in [4.78, 5) is 28.6. The number of carboxylic acid groups (broad SMARTS) is 1. The fourth-order valence-electron chi connectivity index (χ4n) is 3.18. The van der Waals surface area contributed by atoms with Crippen molar-refractivity contribution in [2.75, 3.05) is 7.11 Å². The third-order valence-electron chi connectivity index (χ3n) is 4.68. The van der Waals surface area contributed by atoms with E-state index >= 15 is 0 Å². The van der Waals surface area contributed by atoms with Crippen LogP contribution in [0.5, 0.6) is 5.75 Å². The van der Waals surface area contributed by atoms with Gasteiger partial charge in [-0.3, -0.25) is 9.59 Å². The van der Waals surface area contributed by atoms with Crippen molar-refractivity contribution in [3.8, 4) is 17.0 Å². The number of aryl methyl sites for hydroxylation is 1. The Kier molecular flexibility index (Phi) is 6.41. The molecular weight excluding hydrogens is 387 g/mol. The number of pyridine rings is 1. The predicted molar refractivity (Wildman–Crippen MR) is 110 cm³/mol. The number of carbonyl (C=O) groups excluding carboxylic acids is 1. The van der Waals surface area contributed by atoms with E-state index in [1.165, 1.54) is 25.3 Å². The van der Waals surface area contributed by atoms with Crippen LogP contribution < -0.4 is 10.1 Å². The third kappa shape index (κ3) is 4.81. The van der Waals surface area contributed by atoms with Gasteiger partial charge >= 0.3 is 5.97 Å². The number of aliphatic carboxylic acids is 1. The molecule has 0 aliphatic rings. The van der Waals surface area contributed by atoms with Crippen LogP contribution in [0, 0.1) is 12.7 Å². The number of methoxy groups -OCH3 is 1. The molecule has 0 radical (unpaired) electrons. The van der Waals surface area contributed by atoms with E-state index in [4.69, 9.17) is 4.74 Å². The van der Waals surface area contributed by atoms with Gasteiger partial charge < -0.3 is 15.2 Å². The van der Waals surface area contributed by atoms with E-state index in [-0.39, 0.29) is 17.9 Å². The topological polar surface area (TPSA) is 88.5 Å². The minimum Gasteiger partial charge on any atom is -0.494 e. The largest absolute Gasteiger partial charge is 0.494 e. The van der Waals surface area contributed by atoms with Crippen molar-refractivity contribution in [1.29, 1.82) is 0 Å². The quantitative estimate of drug-likeness (QED) is 0.613. The fourth-order valence-corrected chi connectivity index (χ4v) is 3.18. The molecule has 1 aromatic heterocycles. The number of benzene rings is 2. The van der Waals surface area contributed by atoms with Gasteiger partial charge in [0.1, 0.15) is 23.0 Å². The molecule has 1 unspecified atom stereocenters. The van der Waals surface area contributed by atoms with Crippen molar-refractivity contribution >= 4 is 11.9 Å². The first kappa shape index (κ1) is 21.0. The molecule has 2 N–H and O–H groups in total. The summed E-state index contributed by atoms with van der Waals surface area (Å²) in [5.74, 6) is -1.51. The Morgan fingerprint density at radius 3 is 2.43 bits per heavy atom. The Morgan fingerprint density at radius 1 is 1.10 bits per heavy atom. The predicted octanol–water partition coefficient (Wildman–Crippen LogP) is 4.15. The van der Waals surface area contributed by atoms with Gasteiger partial charge in [-0.05, 0) is 54.4 Å². The molecule has 1 amide bonds. The minimum atomic E-state index is -1.03. The molecule has 0 aliphatic heterocycles. The summed E-state index contributed by atoms with van der Waals surface area (Å²) in [6.07, 6.45) is -0.266.